The molecule has 15 rings (SSSR count). The van der Waals surface area contributed by atoms with E-state index in [1.807, 2.05) is 132 Å². The van der Waals surface area contributed by atoms with Gasteiger partial charge in [0.05, 0.1) is 22.7 Å². The van der Waals surface area contributed by atoms with Crippen LogP contribution in [0.3, 0.4) is 0 Å². The third-order valence-electron chi connectivity index (χ3n) is 13.2. The molecule has 334 valence electrons. The van der Waals surface area contributed by atoms with Crippen LogP contribution in [-0.2, 0) is 56.2 Å². The molecule has 6 aromatic carbocycles. The molecule has 0 unspecified atom stereocenters. The Kier molecular flexibility index (Phi) is 9.39. The fourth-order valence-corrected chi connectivity index (χ4v) is 10.1. The van der Waals surface area contributed by atoms with Gasteiger partial charge in [0.1, 0.15) is 23.0 Å². The average Bonchev–Trinajstić information content (AvgIpc) is 4.09. The molecule has 0 bridgehead atoms. The summed E-state index contributed by atoms with van der Waals surface area (Å²) < 4.78 is 36.3. The van der Waals surface area contributed by atoms with Crippen molar-refractivity contribution in [2.24, 2.45) is 14.1 Å². The Balaban J connectivity index is 0.00000234. The van der Waals surface area contributed by atoms with Gasteiger partial charge < -0.3 is 49.7 Å². The van der Waals surface area contributed by atoms with Gasteiger partial charge in [-0.25, -0.2) is 22.1 Å². The zero-order valence-corrected chi connectivity index (χ0v) is 40.6. The van der Waals surface area contributed by atoms with Crippen LogP contribution in [0.1, 0.15) is 0 Å². The van der Waals surface area contributed by atoms with Crippen LogP contribution in [0.15, 0.2) is 126 Å². The molecule has 0 spiro atoms. The first-order valence-electron chi connectivity index (χ1n) is 21.7. The Morgan fingerprint density at radius 2 is 0.841 bits per heavy atom. The van der Waals surface area contributed by atoms with Crippen LogP contribution in [-0.4, -0.2) is 42.5 Å². The normalized spacial score (nSPS) is 13.0. The molecule has 0 N–H and O–H groups in total. The molecule has 11 aromatic rings. The Labute approximate surface area is 423 Å². The van der Waals surface area contributed by atoms with Gasteiger partial charge in [-0.2, -0.15) is 0 Å². The van der Waals surface area contributed by atoms with E-state index >= 15 is 0 Å². The number of aromatic nitrogens is 6. The van der Waals surface area contributed by atoms with Gasteiger partial charge in [-0.15, -0.1) is 105 Å². The number of furan rings is 1. The number of rotatable bonds is 4. The summed E-state index contributed by atoms with van der Waals surface area (Å²) in [6, 6.07) is 53.5. The zero-order chi connectivity index (χ0) is 44.1. The van der Waals surface area contributed by atoms with Crippen molar-refractivity contribution in [3.05, 3.63) is 158 Å². The molecular formula is C54H26B2N6O5Pt2-6. The molecule has 15 heteroatoms. The molecular weight excluding hydrogens is 1220 g/mol. The minimum atomic E-state index is -0.306. The maximum Gasteiger partial charge on any atom is 0.220 e. The first kappa shape index (κ1) is 41.7. The number of benzene rings is 6. The molecule has 4 aliphatic rings. The second kappa shape index (κ2) is 15.5. The summed E-state index contributed by atoms with van der Waals surface area (Å²) in [7, 11) is 3.94. The molecule has 0 aliphatic carbocycles. The van der Waals surface area contributed by atoms with Crippen LogP contribution in [0.4, 0.5) is 0 Å². The summed E-state index contributed by atoms with van der Waals surface area (Å²) in [5, 5.41) is 0. The largest absolute Gasteiger partial charge is 0.631 e. The number of aryl methyl sites for hydroxylation is 2. The van der Waals surface area contributed by atoms with E-state index in [0.717, 1.165) is 106 Å². The molecule has 0 radical (unpaired) electrons. The second-order valence-corrected chi connectivity index (χ2v) is 16.9. The van der Waals surface area contributed by atoms with Gasteiger partial charge in [-0.1, -0.05) is 17.9 Å². The maximum atomic E-state index is 6.54. The number of fused-ring (bicyclic) bond motifs is 10. The fourth-order valence-electron chi connectivity index (χ4n) is 10.1. The van der Waals surface area contributed by atoms with Crippen LogP contribution in [0.25, 0.3) is 67.6 Å². The van der Waals surface area contributed by atoms with Crippen molar-refractivity contribution in [2.45, 2.75) is 0 Å². The molecule has 5 aromatic heterocycles. The number of hydrogen-bond donors (Lipinski definition) is 0. The van der Waals surface area contributed by atoms with Crippen LogP contribution in [0.2, 0.25) is 0 Å². The van der Waals surface area contributed by atoms with E-state index < -0.39 is 0 Å². The van der Waals surface area contributed by atoms with E-state index in [-0.39, 0.29) is 55.6 Å². The van der Waals surface area contributed by atoms with E-state index in [2.05, 4.69) is 46.6 Å². The van der Waals surface area contributed by atoms with Gasteiger partial charge in [-0.3, -0.25) is 9.97 Å². The predicted octanol–water partition coefficient (Wildman–Crippen LogP) is 6.76. The van der Waals surface area contributed by atoms with Crippen molar-refractivity contribution >= 4 is 68.5 Å². The van der Waals surface area contributed by atoms with Crippen LogP contribution in [0.5, 0.6) is 46.0 Å². The standard InChI is InChI=1S/C54H26B2N6O5.2Pt/c1-61-51(59-38-7-5-21-57-53(38)61)31-15-19-42-36(25-31)55-34-23-29(13-17-40(34)64-44-9-3-10-45(66-42)49(44)55)33-27-48(63-28-33)30-14-18-41-35(24-30)56-37-26-32(52-60-39-8-6-22-58-54(39)62(52)2)16-20-43(37)67-47-12-4-11-46(65-41)50(47)56;;/h3-22H,1-2H3;;/q-6;;. The summed E-state index contributed by atoms with van der Waals surface area (Å²) in [6.07, 6.45) is 6.68. The van der Waals surface area contributed by atoms with Crippen molar-refractivity contribution in [3.8, 4) is 91.2 Å². The molecule has 4 aliphatic heterocycles. The third kappa shape index (κ3) is 6.16. The number of ether oxygens (including phenoxy) is 4. The smallest absolute Gasteiger partial charge is 0.220 e. The summed E-state index contributed by atoms with van der Waals surface area (Å²) >= 11 is 0. The van der Waals surface area contributed by atoms with Gasteiger partial charge in [0.2, 0.25) is 13.4 Å². The van der Waals surface area contributed by atoms with Crippen molar-refractivity contribution < 1.29 is 65.5 Å². The van der Waals surface area contributed by atoms with Crippen molar-refractivity contribution in [2.75, 3.05) is 0 Å². The number of hydrogen-bond acceptors (Lipinski definition) is 9. The molecule has 0 amide bonds. The minimum Gasteiger partial charge on any atom is -0.631 e. The molecule has 0 saturated carbocycles. The van der Waals surface area contributed by atoms with Gasteiger partial charge >= 0.3 is 0 Å². The van der Waals surface area contributed by atoms with Crippen LogP contribution < -0.4 is 51.7 Å². The van der Waals surface area contributed by atoms with Gasteiger partial charge in [0.15, 0.2) is 11.3 Å². The Morgan fingerprint density at radius 1 is 0.435 bits per heavy atom. The van der Waals surface area contributed by atoms with Crippen molar-refractivity contribution in [1.82, 2.24) is 29.1 Å². The van der Waals surface area contributed by atoms with E-state index in [0.29, 0.717) is 39.9 Å². The molecule has 11 nitrogen and oxygen atoms in total. The van der Waals surface area contributed by atoms with E-state index in [4.69, 9.17) is 33.3 Å². The van der Waals surface area contributed by atoms with E-state index in [1.165, 1.54) is 0 Å². The Morgan fingerprint density at radius 3 is 1.29 bits per heavy atom. The molecule has 9 heterocycles. The summed E-state index contributed by atoms with van der Waals surface area (Å²) in [5.74, 6) is 7.64. The number of nitrogens with zero attached hydrogens (tertiary/aromatic N) is 6. The zero-order valence-electron chi connectivity index (χ0n) is 36.1. The number of imidazole rings is 2. The van der Waals surface area contributed by atoms with Crippen LogP contribution in [0, 0.1) is 36.6 Å². The first-order chi connectivity index (χ1) is 33.0. The third-order valence-corrected chi connectivity index (χ3v) is 13.2. The maximum absolute atomic E-state index is 6.54. The summed E-state index contributed by atoms with van der Waals surface area (Å²) in [6.45, 7) is -0.605. The second-order valence-electron chi connectivity index (χ2n) is 16.9. The summed E-state index contributed by atoms with van der Waals surface area (Å²) in [5.41, 5.74) is 12.1. The number of pyridine rings is 2. The predicted molar refractivity (Wildman–Crippen MR) is 253 cm³/mol. The molecule has 69 heavy (non-hydrogen) atoms. The first-order valence-corrected chi connectivity index (χ1v) is 21.7. The van der Waals surface area contributed by atoms with Gasteiger partial charge in [0, 0.05) is 103 Å². The Bertz CT molecular complexity index is 3700. The molecule has 0 saturated heterocycles. The summed E-state index contributed by atoms with van der Waals surface area (Å²) in [4.78, 5) is 19.0. The van der Waals surface area contributed by atoms with Crippen molar-refractivity contribution in [1.29, 1.82) is 0 Å². The average molecular weight is 1250 g/mol. The Hall–Kier alpha value is -7.45. The van der Waals surface area contributed by atoms with Gasteiger partial charge in [0.25, 0.3) is 0 Å². The quantitative estimate of drug-likeness (QED) is 0.140. The SMILES string of the molecule is Cn1c(-c2[c-]c3c(cc2)Oc2cccc4c2B3c2[c-]c(-c3[c-]oc(-c5[c-]c6c(cc5)Oc5cccc7c5B6c5[c-]c(-c6nc8cccnc8n6C)ccc5O7)[c-]3)ccc2O4)nc2cccnc21.[Pt].[Pt]. The fraction of sp³-hybridized carbons (Fsp3) is 0.0370. The van der Waals surface area contributed by atoms with Crippen molar-refractivity contribution in [3.63, 3.8) is 0 Å². The molecule has 0 fully saturated rings. The molecule has 0 atom stereocenters. The monoisotopic (exact) mass is 1250 g/mol. The minimum absolute atomic E-state index is 0. The van der Waals surface area contributed by atoms with E-state index in [9.17, 15) is 0 Å². The van der Waals surface area contributed by atoms with E-state index in [1.54, 1.807) is 12.4 Å². The topological polar surface area (TPSA) is 111 Å². The van der Waals surface area contributed by atoms with Gasteiger partial charge in [-0.05, 0) is 48.5 Å². The van der Waals surface area contributed by atoms with Crippen LogP contribution >= 0.6 is 0 Å².